The third-order valence-corrected chi connectivity index (χ3v) is 7.23. The van der Waals surface area contributed by atoms with E-state index in [4.69, 9.17) is 4.74 Å². The van der Waals surface area contributed by atoms with Crippen LogP contribution in [0, 0.1) is 0 Å². The topological polar surface area (TPSA) is 77.3 Å². The van der Waals surface area contributed by atoms with E-state index in [0.29, 0.717) is 30.5 Å². The summed E-state index contributed by atoms with van der Waals surface area (Å²) in [6.07, 6.45) is 3.03. The predicted octanol–water partition coefficient (Wildman–Crippen LogP) is 1.86. The van der Waals surface area contributed by atoms with Crippen molar-refractivity contribution >= 4 is 10.0 Å². The molecule has 8 heteroatoms. The summed E-state index contributed by atoms with van der Waals surface area (Å²) in [5, 5.41) is 4.57. The van der Waals surface area contributed by atoms with Crippen molar-refractivity contribution in [3.05, 3.63) is 35.4 Å². The number of rotatable bonds is 3. The van der Waals surface area contributed by atoms with Gasteiger partial charge in [-0.05, 0) is 43.5 Å². The molecule has 1 aromatic heterocycles. The van der Waals surface area contributed by atoms with Crippen molar-refractivity contribution in [3.8, 4) is 5.75 Å². The first-order valence-electron chi connectivity index (χ1n) is 8.76. The van der Waals surface area contributed by atoms with E-state index in [1.54, 1.807) is 22.5 Å². The zero-order valence-corrected chi connectivity index (χ0v) is 14.9. The fraction of sp³-hybridized carbons (Fsp3) is 0.529. The summed E-state index contributed by atoms with van der Waals surface area (Å²) in [6, 6.07) is 4.83. The smallest absolute Gasteiger partial charge is 0.243 e. The SMILES string of the molecule is C[C@@H]1c2nc(C3CC3)nn2CCN1S(=O)(=O)c1ccc2c(c1)CCO2. The molecule has 1 fully saturated rings. The Morgan fingerprint density at radius 2 is 2.08 bits per heavy atom. The maximum absolute atomic E-state index is 13.2. The molecule has 0 saturated heterocycles. The van der Waals surface area contributed by atoms with Crippen molar-refractivity contribution in [2.24, 2.45) is 0 Å². The minimum absolute atomic E-state index is 0.316. The predicted molar refractivity (Wildman–Crippen MR) is 89.9 cm³/mol. The summed E-state index contributed by atoms with van der Waals surface area (Å²) in [6.45, 7) is 3.47. The molecule has 1 saturated carbocycles. The fourth-order valence-corrected chi connectivity index (χ4v) is 5.30. The maximum atomic E-state index is 13.2. The second kappa shape index (κ2) is 5.28. The molecule has 3 heterocycles. The highest BCUT2D eigenvalue weighted by Gasteiger charge is 2.38. The lowest BCUT2D eigenvalue weighted by molar-refractivity contribution is 0.265. The summed E-state index contributed by atoms with van der Waals surface area (Å²) in [5.41, 5.74) is 0.963. The Bertz CT molecular complexity index is 949. The van der Waals surface area contributed by atoms with Gasteiger partial charge in [0.1, 0.15) is 11.6 Å². The van der Waals surface area contributed by atoms with Gasteiger partial charge in [0.2, 0.25) is 10.0 Å². The van der Waals surface area contributed by atoms with E-state index in [1.165, 1.54) is 0 Å². The molecule has 1 aliphatic carbocycles. The molecular formula is C17H20N4O3S. The van der Waals surface area contributed by atoms with Crippen molar-refractivity contribution in [2.45, 2.75) is 49.6 Å². The molecule has 25 heavy (non-hydrogen) atoms. The Balaban J connectivity index is 1.49. The van der Waals surface area contributed by atoms with E-state index in [9.17, 15) is 8.42 Å². The van der Waals surface area contributed by atoms with Gasteiger partial charge in [-0.1, -0.05) is 0 Å². The molecule has 1 atom stereocenters. The number of hydrogen-bond donors (Lipinski definition) is 0. The first-order valence-corrected chi connectivity index (χ1v) is 10.2. The molecule has 0 amide bonds. The van der Waals surface area contributed by atoms with Crippen LogP contribution in [0.4, 0.5) is 0 Å². The summed E-state index contributed by atoms with van der Waals surface area (Å²) in [4.78, 5) is 4.97. The lowest BCUT2D eigenvalue weighted by Gasteiger charge is -2.31. The fourth-order valence-electron chi connectivity index (χ4n) is 3.66. The van der Waals surface area contributed by atoms with E-state index in [-0.39, 0.29) is 6.04 Å². The summed E-state index contributed by atoms with van der Waals surface area (Å²) < 4.78 is 35.3. The molecule has 0 bridgehead atoms. The van der Waals surface area contributed by atoms with Gasteiger partial charge in [-0.3, -0.25) is 0 Å². The quantitative estimate of drug-likeness (QED) is 0.835. The molecule has 0 unspecified atom stereocenters. The van der Waals surface area contributed by atoms with Crippen molar-refractivity contribution in [1.29, 1.82) is 0 Å². The molecule has 0 spiro atoms. The lowest BCUT2D eigenvalue weighted by atomic mass is 10.2. The van der Waals surface area contributed by atoms with Crippen LogP contribution in [0.25, 0.3) is 0 Å². The van der Waals surface area contributed by atoms with Crippen molar-refractivity contribution < 1.29 is 13.2 Å². The summed E-state index contributed by atoms with van der Waals surface area (Å²) in [5.74, 6) is 2.88. The number of fused-ring (bicyclic) bond motifs is 2. The van der Waals surface area contributed by atoms with Crippen LogP contribution in [0.1, 0.15) is 48.9 Å². The van der Waals surface area contributed by atoms with Gasteiger partial charge in [-0.25, -0.2) is 18.1 Å². The molecular weight excluding hydrogens is 340 g/mol. The van der Waals surface area contributed by atoms with Crippen LogP contribution in [0.15, 0.2) is 23.1 Å². The van der Waals surface area contributed by atoms with Crippen LogP contribution in [0.5, 0.6) is 5.75 Å². The third kappa shape index (κ3) is 2.38. The van der Waals surface area contributed by atoms with Crippen molar-refractivity contribution in [1.82, 2.24) is 19.1 Å². The summed E-state index contributed by atoms with van der Waals surface area (Å²) >= 11 is 0. The van der Waals surface area contributed by atoms with Gasteiger partial charge >= 0.3 is 0 Å². The lowest BCUT2D eigenvalue weighted by Crippen LogP contribution is -2.41. The first-order chi connectivity index (χ1) is 12.0. The summed E-state index contributed by atoms with van der Waals surface area (Å²) in [7, 11) is -3.57. The van der Waals surface area contributed by atoms with Crippen LogP contribution in [0.2, 0.25) is 0 Å². The van der Waals surface area contributed by atoms with Gasteiger partial charge in [-0.15, -0.1) is 0 Å². The molecule has 0 N–H and O–H groups in total. The van der Waals surface area contributed by atoms with Crippen LogP contribution in [-0.4, -0.2) is 40.6 Å². The van der Waals surface area contributed by atoms with Crippen LogP contribution >= 0.6 is 0 Å². The minimum Gasteiger partial charge on any atom is -0.493 e. The number of aromatic nitrogens is 3. The van der Waals surface area contributed by atoms with E-state index in [2.05, 4.69) is 10.1 Å². The van der Waals surface area contributed by atoms with Gasteiger partial charge in [0.15, 0.2) is 5.82 Å². The second-order valence-electron chi connectivity index (χ2n) is 6.99. The zero-order valence-electron chi connectivity index (χ0n) is 14.1. The number of benzene rings is 1. The maximum Gasteiger partial charge on any atom is 0.243 e. The molecule has 5 rings (SSSR count). The van der Waals surface area contributed by atoms with E-state index in [0.717, 1.165) is 42.2 Å². The van der Waals surface area contributed by atoms with Crippen LogP contribution < -0.4 is 4.74 Å². The Hall–Kier alpha value is -1.93. The third-order valence-electron chi connectivity index (χ3n) is 5.26. The van der Waals surface area contributed by atoms with Gasteiger partial charge < -0.3 is 4.74 Å². The molecule has 3 aliphatic rings. The van der Waals surface area contributed by atoms with Gasteiger partial charge in [0.05, 0.1) is 24.1 Å². The highest BCUT2D eigenvalue weighted by molar-refractivity contribution is 7.89. The zero-order chi connectivity index (χ0) is 17.2. The number of sulfonamides is 1. The first kappa shape index (κ1) is 15.3. The molecule has 2 aromatic rings. The van der Waals surface area contributed by atoms with Crippen LogP contribution in [0.3, 0.4) is 0 Å². The Labute approximate surface area is 146 Å². The largest absolute Gasteiger partial charge is 0.493 e. The molecule has 2 aliphatic heterocycles. The minimum atomic E-state index is -3.57. The van der Waals surface area contributed by atoms with Gasteiger partial charge in [0.25, 0.3) is 0 Å². The van der Waals surface area contributed by atoms with Crippen molar-refractivity contribution in [3.63, 3.8) is 0 Å². The van der Waals surface area contributed by atoms with E-state index < -0.39 is 10.0 Å². The Morgan fingerprint density at radius 3 is 2.88 bits per heavy atom. The van der Waals surface area contributed by atoms with Crippen molar-refractivity contribution in [2.75, 3.05) is 13.2 Å². The van der Waals surface area contributed by atoms with Gasteiger partial charge in [-0.2, -0.15) is 9.40 Å². The Morgan fingerprint density at radius 1 is 1.24 bits per heavy atom. The van der Waals surface area contributed by atoms with Gasteiger partial charge in [0, 0.05) is 18.9 Å². The Kier molecular flexibility index (Phi) is 3.24. The number of nitrogens with zero attached hydrogens (tertiary/aromatic N) is 4. The highest BCUT2D eigenvalue weighted by Crippen LogP contribution is 2.40. The normalized spacial score (nSPS) is 23.2. The monoisotopic (exact) mass is 360 g/mol. The van der Waals surface area contributed by atoms with E-state index >= 15 is 0 Å². The molecule has 1 aromatic carbocycles. The standard InChI is InChI=1S/C17H20N4O3S/c1-11-17-18-16(12-2-3-12)19-20(17)7-8-21(11)25(22,23)14-4-5-15-13(10-14)6-9-24-15/h4-5,10-12H,2-3,6-9H2,1H3/t11-/m1/s1. The average molecular weight is 360 g/mol. The average Bonchev–Trinajstić information content (AvgIpc) is 3.18. The second-order valence-corrected chi connectivity index (χ2v) is 8.88. The molecule has 7 nitrogen and oxygen atoms in total. The van der Waals surface area contributed by atoms with E-state index in [1.807, 2.05) is 11.6 Å². The number of ether oxygens (including phenoxy) is 1. The number of hydrogen-bond acceptors (Lipinski definition) is 5. The van der Waals surface area contributed by atoms with Crippen LogP contribution in [-0.2, 0) is 23.0 Å². The molecule has 132 valence electrons. The molecule has 0 radical (unpaired) electrons. The highest BCUT2D eigenvalue weighted by atomic mass is 32.2.